The third-order valence-electron chi connectivity index (χ3n) is 5.49. The zero-order valence-electron chi connectivity index (χ0n) is 18.3. The van der Waals surface area contributed by atoms with Crippen molar-refractivity contribution in [2.75, 3.05) is 19.7 Å². The van der Waals surface area contributed by atoms with E-state index >= 15 is 0 Å². The number of rotatable bonds is 9. The van der Waals surface area contributed by atoms with Crippen LogP contribution in [-0.2, 0) is 12.8 Å². The fourth-order valence-electron chi connectivity index (χ4n) is 3.91. The van der Waals surface area contributed by atoms with Crippen LogP contribution >= 0.6 is 0 Å². The molecule has 0 saturated heterocycles. The number of aryl methyl sites for hydroxylation is 1. The van der Waals surface area contributed by atoms with Crippen molar-refractivity contribution in [1.29, 1.82) is 0 Å². The standard InChI is InChI=1S/C24H28N4O4/c1-3-31-22-12-18(24-28-27-15(2)32-24)8-9-21(22)23(30)26-14-20(29)13-25-19-10-16-6-4-5-7-17(16)11-19/h4-9,12,19-20,25,29H,3,10-11,13-14H2,1-2H3,(H,26,30). The van der Waals surface area contributed by atoms with Crippen molar-refractivity contribution in [1.82, 2.24) is 20.8 Å². The van der Waals surface area contributed by atoms with Crippen molar-refractivity contribution in [2.45, 2.75) is 38.8 Å². The van der Waals surface area contributed by atoms with E-state index in [0.29, 0.717) is 47.9 Å². The highest BCUT2D eigenvalue weighted by Gasteiger charge is 2.22. The lowest BCUT2D eigenvalue weighted by Gasteiger charge is -2.17. The van der Waals surface area contributed by atoms with Gasteiger partial charge in [-0.2, -0.15) is 0 Å². The van der Waals surface area contributed by atoms with Crippen molar-refractivity contribution >= 4 is 5.91 Å². The van der Waals surface area contributed by atoms with Gasteiger partial charge in [0.15, 0.2) is 0 Å². The van der Waals surface area contributed by atoms with Gasteiger partial charge in [0.2, 0.25) is 11.8 Å². The maximum Gasteiger partial charge on any atom is 0.255 e. The average Bonchev–Trinajstić information content (AvgIpc) is 3.42. The van der Waals surface area contributed by atoms with Crippen LogP contribution in [0.25, 0.3) is 11.5 Å². The molecular weight excluding hydrogens is 408 g/mol. The van der Waals surface area contributed by atoms with E-state index in [1.165, 1.54) is 11.1 Å². The second-order valence-corrected chi connectivity index (χ2v) is 7.92. The van der Waals surface area contributed by atoms with E-state index in [1.54, 1.807) is 25.1 Å². The van der Waals surface area contributed by atoms with Crippen molar-refractivity contribution in [3.8, 4) is 17.2 Å². The van der Waals surface area contributed by atoms with Gasteiger partial charge >= 0.3 is 0 Å². The van der Waals surface area contributed by atoms with E-state index in [2.05, 4.69) is 45.1 Å². The number of carbonyl (C=O) groups is 1. The van der Waals surface area contributed by atoms with Crippen LogP contribution in [0.3, 0.4) is 0 Å². The smallest absolute Gasteiger partial charge is 0.255 e. The Morgan fingerprint density at radius 1 is 1.19 bits per heavy atom. The third-order valence-corrected chi connectivity index (χ3v) is 5.49. The molecule has 3 aromatic rings. The molecule has 1 atom stereocenters. The fourth-order valence-corrected chi connectivity index (χ4v) is 3.91. The first kappa shape index (κ1) is 22.0. The maximum atomic E-state index is 12.7. The molecule has 1 aliphatic rings. The van der Waals surface area contributed by atoms with E-state index in [4.69, 9.17) is 9.15 Å². The topological polar surface area (TPSA) is 110 Å². The first-order valence-corrected chi connectivity index (χ1v) is 10.9. The number of aliphatic hydroxyl groups is 1. The first-order chi connectivity index (χ1) is 15.5. The monoisotopic (exact) mass is 436 g/mol. The number of nitrogens with zero attached hydrogens (tertiary/aromatic N) is 2. The Hall–Kier alpha value is -3.23. The van der Waals surface area contributed by atoms with Gasteiger partial charge in [-0.05, 0) is 49.1 Å². The molecule has 8 nitrogen and oxygen atoms in total. The second-order valence-electron chi connectivity index (χ2n) is 7.92. The molecule has 0 saturated carbocycles. The molecule has 0 fully saturated rings. The van der Waals surface area contributed by atoms with Crippen LogP contribution in [0.1, 0.15) is 34.3 Å². The molecule has 168 valence electrons. The molecule has 2 aromatic carbocycles. The van der Waals surface area contributed by atoms with Crippen molar-refractivity contribution in [3.63, 3.8) is 0 Å². The van der Waals surface area contributed by atoms with Gasteiger partial charge in [-0.3, -0.25) is 4.79 Å². The van der Waals surface area contributed by atoms with Crippen LogP contribution in [0.15, 0.2) is 46.9 Å². The summed E-state index contributed by atoms with van der Waals surface area (Å²) in [4.78, 5) is 12.7. The zero-order valence-corrected chi connectivity index (χ0v) is 18.3. The van der Waals surface area contributed by atoms with Crippen LogP contribution in [0.2, 0.25) is 0 Å². The molecule has 8 heteroatoms. The van der Waals surface area contributed by atoms with E-state index in [1.807, 2.05) is 6.92 Å². The quantitative estimate of drug-likeness (QED) is 0.472. The van der Waals surface area contributed by atoms with Gasteiger partial charge in [-0.15, -0.1) is 10.2 Å². The highest BCUT2D eigenvalue weighted by atomic mass is 16.5. The molecule has 0 aliphatic heterocycles. The summed E-state index contributed by atoms with van der Waals surface area (Å²) in [5.74, 6) is 0.943. The van der Waals surface area contributed by atoms with Gasteiger partial charge < -0.3 is 24.9 Å². The Kier molecular flexibility index (Phi) is 6.82. The summed E-state index contributed by atoms with van der Waals surface area (Å²) in [5.41, 5.74) is 3.77. The summed E-state index contributed by atoms with van der Waals surface area (Å²) < 4.78 is 11.1. The lowest BCUT2D eigenvalue weighted by molar-refractivity contribution is 0.0910. The SMILES string of the molecule is CCOc1cc(-c2nnc(C)o2)ccc1C(=O)NCC(O)CNC1Cc2ccccc2C1. The minimum Gasteiger partial charge on any atom is -0.493 e. The number of hydrogen-bond donors (Lipinski definition) is 3. The summed E-state index contributed by atoms with van der Waals surface area (Å²) >= 11 is 0. The normalized spacial score (nSPS) is 14.2. The minimum absolute atomic E-state index is 0.141. The first-order valence-electron chi connectivity index (χ1n) is 10.9. The van der Waals surface area contributed by atoms with Gasteiger partial charge in [0.1, 0.15) is 5.75 Å². The van der Waals surface area contributed by atoms with Crippen LogP contribution < -0.4 is 15.4 Å². The number of hydrogen-bond acceptors (Lipinski definition) is 7. The lowest BCUT2D eigenvalue weighted by Crippen LogP contribution is -2.41. The molecule has 32 heavy (non-hydrogen) atoms. The lowest BCUT2D eigenvalue weighted by atomic mass is 10.1. The molecule has 1 aromatic heterocycles. The van der Waals surface area contributed by atoms with E-state index in [9.17, 15) is 9.90 Å². The summed E-state index contributed by atoms with van der Waals surface area (Å²) in [7, 11) is 0. The zero-order chi connectivity index (χ0) is 22.5. The highest BCUT2D eigenvalue weighted by Crippen LogP contribution is 2.27. The van der Waals surface area contributed by atoms with Crippen molar-refractivity contribution in [2.24, 2.45) is 0 Å². The van der Waals surface area contributed by atoms with Crippen LogP contribution in [0.5, 0.6) is 5.75 Å². The Morgan fingerprint density at radius 3 is 2.59 bits per heavy atom. The number of aromatic nitrogens is 2. The number of benzene rings is 2. The molecule has 0 spiro atoms. The minimum atomic E-state index is -0.696. The van der Waals surface area contributed by atoms with Crippen molar-refractivity contribution < 1.29 is 19.1 Å². The van der Waals surface area contributed by atoms with E-state index in [-0.39, 0.29) is 12.5 Å². The van der Waals surface area contributed by atoms with Crippen LogP contribution in [-0.4, -0.2) is 53.1 Å². The molecule has 0 radical (unpaired) electrons. The predicted molar refractivity (Wildman–Crippen MR) is 120 cm³/mol. The number of aliphatic hydroxyl groups excluding tert-OH is 1. The van der Waals surface area contributed by atoms with E-state index < -0.39 is 6.10 Å². The van der Waals surface area contributed by atoms with Gasteiger partial charge in [-0.25, -0.2) is 0 Å². The van der Waals surface area contributed by atoms with Crippen LogP contribution in [0, 0.1) is 6.92 Å². The molecule has 4 rings (SSSR count). The summed E-state index contributed by atoms with van der Waals surface area (Å²) in [6, 6.07) is 13.8. The molecule has 1 unspecified atom stereocenters. The van der Waals surface area contributed by atoms with Crippen LogP contribution in [0.4, 0.5) is 0 Å². The van der Waals surface area contributed by atoms with Gasteiger partial charge in [0.25, 0.3) is 5.91 Å². The molecule has 3 N–H and O–H groups in total. The largest absolute Gasteiger partial charge is 0.493 e. The highest BCUT2D eigenvalue weighted by molar-refractivity contribution is 5.97. The van der Waals surface area contributed by atoms with Gasteiger partial charge in [-0.1, -0.05) is 24.3 Å². The summed E-state index contributed by atoms with van der Waals surface area (Å²) in [6.07, 6.45) is 1.22. The number of fused-ring (bicyclic) bond motifs is 1. The average molecular weight is 437 g/mol. The molecular formula is C24H28N4O4. The summed E-state index contributed by atoms with van der Waals surface area (Å²) in [6.45, 7) is 4.52. The Bertz CT molecular complexity index is 1060. The van der Waals surface area contributed by atoms with Crippen molar-refractivity contribution in [3.05, 3.63) is 65.0 Å². The predicted octanol–water partition coefficient (Wildman–Crippen LogP) is 2.29. The molecule has 0 bridgehead atoms. The third kappa shape index (κ3) is 5.15. The van der Waals surface area contributed by atoms with Gasteiger partial charge in [0.05, 0.1) is 18.3 Å². The fraction of sp³-hybridized carbons (Fsp3) is 0.375. The second kappa shape index (κ2) is 9.93. The Morgan fingerprint density at radius 2 is 1.94 bits per heavy atom. The number of amides is 1. The number of carbonyl (C=O) groups excluding carboxylic acids is 1. The number of nitrogens with one attached hydrogen (secondary N) is 2. The van der Waals surface area contributed by atoms with E-state index in [0.717, 1.165) is 12.8 Å². The Balaban J connectivity index is 1.31. The van der Waals surface area contributed by atoms with Gasteiger partial charge in [0, 0.05) is 31.6 Å². The Labute approximate surface area is 187 Å². The summed E-state index contributed by atoms with van der Waals surface area (Å²) in [5, 5.41) is 24.4. The molecule has 1 amide bonds. The molecule has 1 heterocycles. The molecule has 1 aliphatic carbocycles. The maximum absolute atomic E-state index is 12.7. The number of ether oxygens (including phenoxy) is 1.